The minimum Gasteiger partial charge on any atom is -0.385 e. The van der Waals surface area contributed by atoms with Crippen molar-refractivity contribution in [1.29, 1.82) is 0 Å². The molecule has 1 aliphatic heterocycles. The second kappa shape index (κ2) is 6.86. The summed E-state index contributed by atoms with van der Waals surface area (Å²) >= 11 is 0. The van der Waals surface area contributed by atoms with Gasteiger partial charge in [-0.1, -0.05) is 0 Å². The normalized spacial score (nSPS) is 18.5. The van der Waals surface area contributed by atoms with E-state index >= 15 is 0 Å². The third kappa shape index (κ3) is 4.10. The third-order valence-electron chi connectivity index (χ3n) is 3.03. The van der Waals surface area contributed by atoms with E-state index in [0.29, 0.717) is 12.6 Å². The monoisotopic (exact) mass is 228 g/mol. The summed E-state index contributed by atoms with van der Waals surface area (Å²) in [6.45, 7) is 8.46. The van der Waals surface area contributed by atoms with Crippen LogP contribution < -0.4 is 0 Å². The molecule has 94 valence electrons. The lowest BCUT2D eigenvalue weighted by molar-refractivity contribution is -0.137. The Kier molecular flexibility index (Phi) is 5.77. The number of hydrogen-bond acceptors (Lipinski definition) is 3. The molecule has 0 N–H and O–H groups in total. The zero-order valence-corrected chi connectivity index (χ0v) is 10.7. The first-order valence-corrected chi connectivity index (χ1v) is 6.16. The van der Waals surface area contributed by atoms with Gasteiger partial charge in [-0.15, -0.1) is 0 Å². The van der Waals surface area contributed by atoms with Crippen LogP contribution in [-0.2, 0) is 9.53 Å². The highest BCUT2D eigenvalue weighted by atomic mass is 16.5. The Balaban J connectivity index is 2.21. The van der Waals surface area contributed by atoms with Crippen molar-refractivity contribution < 1.29 is 9.53 Å². The molecule has 1 saturated heterocycles. The Morgan fingerprint density at radius 2 is 2.06 bits per heavy atom. The Morgan fingerprint density at radius 1 is 1.31 bits per heavy atom. The topological polar surface area (TPSA) is 32.8 Å². The predicted molar refractivity (Wildman–Crippen MR) is 64.4 cm³/mol. The molecule has 0 bridgehead atoms. The van der Waals surface area contributed by atoms with Gasteiger partial charge in [0.2, 0.25) is 5.91 Å². The van der Waals surface area contributed by atoms with Crippen molar-refractivity contribution in [2.75, 3.05) is 39.9 Å². The Bertz CT molecular complexity index is 219. The summed E-state index contributed by atoms with van der Waals surface area (Å²) in [6.07, 6.45) is 2.19. The molecule has 1 heterocycles. The number of carbonyl (C=O) groups is 1. The van der Waals surface area contributed by atoms with Crippen LogP contribution in [0.15, 0.2) is 0 Å². The molecule has 0 aromatic rings. The smallest absolute Gasteiger partial charge is 0.237 e. The number of methoxy groups -OCH3 is 1. The fourth-order valence-electron chi connectivity index (χ4n) is 2.05. The molecule has 4 nitrogen and oxygen atoms in total. The lowest BCUT2D eigenvalue weighted by atomic mass is 10.2. The largest absolute Gasteiger partial charge is 0.385 e. The fraction of sp³-hybridized carbons (Fsp3) is 0.917. The van der Waals surface area contributed by atoms with Crippen LogP contribution in [0.2, 0.25) is 0 Å². The van der Waals surface area contributed by atoms with Crippen LogP contribution in [0.1, 0.15) is 26.7 Å². The molecule has 4 heteroatoms. The van der Waals surface area contributed by atoms with Crippen molar-refractivity contribution in [3.8, 4) is 0 Å². The average molecular weight is 228 g/mol. The van der Waals surface area contributed by atoms with Gasteiger partial charge in [-0.3, -0.25) is 9.69 Å². The van der Waals surface area contributed by atoms with Gasteiger partial charge in [-0.05, 0) is 33.2 Å². The van der Waals surface area contributed by atoms with E-state index in [1.165, 1.54) is 0 Å². The molecule has 0 unspecified atom stereocenters. The Labute approximate surface area is 98.5 Å². The summed E-state index contributed by atoms with van der Waals surface area (Å²) in [5.41, 5.74) is 0. The molecule has 1 aliphatic rings. The van der Waals surface area contributed by atoms with E-state index in [2.05, 4.69) is 18.7 Å². The molecule has 16 heavy (non-hydrogen) atoms. The van der Waals surface area contributed by atoms with Crippen molar-refractivity contribution in [3.05, 3.63) is 0 Å². The molecule has 0 spiro atoms. The maximum absolute atomic E-state index is 11.8. The first kappa shape index (κ1) is 13.5. The molecule has 0 aromatic carbocycles. The maximum Gasteiger partial charge on any atom is 0.237 e. The number of piperazine rings is 1. The van der Waals surface area contributed by atoms with Gasteiger partial charge in [0.15, 0.2) is 0 Å². The standard InChI is InChI=1S/C12H24N2O2/c1-11(2)14-8-7-13(10-12(14)15)6-4-5-9-16-3/h11H,4-10H2,1-3H3. The quantitative estimate of drug-likeness (QED) is 0.635. The van der Waals surface area contributed by atoms with Crippen molar-refractivity contribution in [1.82, 2.24) is 9.80 Å². The summed E-state index contributed by atoms with van der Waals surface area (Å²) in [6, 6.07) is 0.336. The number of hydrogen-bond donors (Lipinski definition) is 0. The van der Waals surface area contributed by atoms with E-state index < -0.39 is 0 Å². The molecule has 0 saturated carbocycles. The summed E-state index contributed by atoms with van der Waals surface area (Å²) in [7, 11) is 1.73. The summed E-state index contributed by atoms with van der Waals surface area (Å²) in [5, 5.41) is 0. The number of carbonyl (C=O) groups excluding carboxylic acids is 1. The highest BCUT2D eigenvalue weighted by molar-refractivity contribution is 5.79. The van der Waals surface area contributed by atoms with E-state index in [0.717, 1.165) is 39.1 Å². The van der Waals surface area contributed by atoms with Gasteiger partial charge in [0.1, 0.15) is 0 Å². The van der Waals surface area contributed by atoms with Crippen LogP contribution in [0.4, 0.5) is 0 Å². The molecule has 1 rings (SSSR count). The lowest BCUT2D eigenvalue weighted by Gasteiger charge is -2.36. The molecule has 1 amide bonds. The fourth-order valence-corrected chi connectivity index (χ4v) is 2.05. The van der Waals surface area contributed by atoms with Crippen LogP contribution in [0.3, 0.4) is 0 Å². The molecule has 0 aliphatic carbocycles. The summed E-state index contributed by atoms with van der Waals surface area (Å²) in [5.74, 6) is 0.271. The number of rotatable bonds is 6. The summed E-state index contributed by atoms with van der Waals surface area (Å²) in [4.78, 5) is 16.0. The number of ether oxygens (including phenoxy) is 1. The van der Waals surface area contributed by atoms with Crippen molar-refractivity contribution >= 4 is 5.91 Å². The van der Waals surface area contributed by atoms with E-state index in [4.69, 9.17) is 4.74 Å². The Hall–Kier alpha value is -0.610. The van der Waals surface area contributed by atoms with Crippen LogP contribution in [-0.4, -0.2) is 61.6 Å². The highest BCUT2D eigenvalue weighted by Crippen LogP contribution is 2.08. The molecular weight excluding hydrogens is 204 g/mol. The first-order chi connectivity index (χ1) is 7.65. The van der Waals surface area contributed by atoms with E-state index in [1.807, 2.05) is 4.90 Å². The highest BCUT2D eigenvalue weighted by Gasteiger charge is 2.24. The maximum atomic E-state index is 11.8. The number of nitrogens with zero attached hydrogens (tertiary/aromatic N) is 2. The minimum atomic E-state index is 0.271. The second-order valence-corrected chi connectivity index (χ2v) is 4.66. The van der Waals surface area contributed by atoms with Gasteiger partial charge in [0.25, 0.3) is 0 Å². The van der Waals surface area contributed by atoms with Gasteiger partial charge < -0.3 is 9.64 Å². The zero-order chi connectivity index (χ0) is 12.0. The van der Waals surface area contributed by atoms with E-state index in [9.17, 15) is 4.79 Å². The molecule has 0 radical (unpaired) electrons. The van der Waals surface area contributed by atoms with Crippen molar-refractivity contribution in [2.24, 2.45) is 0 Å². The zero-order valence-electron chi connectivity index (χ0n) is 10.7. The first-order valence-electron chi connectivity index (χ1n) is 6.16. The van der Waals surface area contributed by atoms with E-state index in [1.54, 1.807) is 7.11 Å². The van der Waals surface area contributed by atoms with Gasteiger partial charge in [-0.25, -0.2) is 0 Å². The van der Waals surface area contributed by atoms with Gasteiger partial charge in [-0.2, -0.15) is 0 Å². The van der Waals surface area contributed by atoms with Crippen LogP contribution >= 0.6 is 0 Å². The third-order valence-corrected chi connectivity index (χ3v) is 3.03. The minimum absolute atomic E-state index is 0.271. The van der Waals surface area contributed by atoms with Crippen LogP contribution in [0, 0.1) is 0 Å². The van der Waals surface area contributed by atoms with Gasteiger partial charge in [0.05, 0.1) is 6.54 Å². The van der Waals surface area contributed by atoms with Gasteiger partial charge >= 0.3 is 0 Å². The van der Waals surface area contributed by atoms with Crippen molar-refractivity contribution in [3.63, 3.8) is 0 Å². The predicted octanol–water partition coefficient (Wildman–Crippen LogP) is 0.966. The van der Waals surface area contributed by atoms with Gasteiger partial charge in [0, 0.05) is 32.8 Å². The SMILES string of the molecule is COCCCCN1CCN(C(C)C)C(=O)C1. The van der Waals surface area contributed by atoms with Crippen molar-refractivity contribution in [2.45, 2.75) is 32.7 Å². The Morgan fingerprint density at radius 3 is 2.62 bits per heavy atom. The van der Waals surface area contributed by atoms with Crippen LogP contribution in [0.5, 0.6) is 0 Å². The molecule has 0 atom stereocenters. The lowest BCUT2D eigenvalue weighted by Crippen LogP contribution is -2.52. The number of unbranched alkanes of at least 4 members (excludes halogenated alkanes) is 1. The molecule has 0 aromatic heterocycles. The molecule has 1 fully saturated rings. The molecular formula is C12H24N2O2. The average Bonchev–Trinajstić information content (AvgIpc) is 2.24. The number of amides is 1. The van der Waals surface area contributed by atoms with Crippen LogP contribution in [0.25, 0.3) is 0 Å². The second-order valence-electron chi connectivity index (χ2n) is 4.66. The van der Waals surface area contributed by atoms with E-state index in [-0.39, 0.29) is 5.91 Å². The summed E-state index contributed by atoms with van der Waals surface area (Å²) < 4.78 is 5.01.